The van der Waals surface area contributed by atoms with Gasteiger partial charge in [0.2, 0.25) is 0 Å². The van der Waals surface area contributed by atoms with Crippen molar-refractivity contribution in [2.45, 2.75) is 12.5 Å². The van der Waals surface area contributed by atoms with E-state index in [1.165, 1.54) is 0 Å². The van der Waals surface area contributed by atoms with Gasteiger partial charge in [0.25, 0.3) is 0 Å². The fraction of sp³-hybridized carbons (Fsp3) is 0.538. The molecule has 94 valence electrons. The van der Waals surface area contributed by atoms with Crippen molar-refractivity contribution in [2.24, 2.45) is 0 Å². The van der Waals surface area contributed by atoms with Gasteiger partial charge in [-0.25, -0.2) is 0 Å². The fourth-order valence-corrected chi connectivity index (χ4v) is 2.12. The lowest BCUT2D eigenvalue weighted by Crippen LogP contribution is -2.44. The summed E-state index contributed by atoms with van der Waals surface area (Å²) in [5, 5.41) is 13.4. The van der Waals surface area contributed by atoms with Gasteiger partial charge in [-0.05, 0) is 24.1 Å². The zero-order valence-corrected chi connectivity index (χ0v) is 10.1. The highest BCUT2D eigenvalue weighted by Crippen LogP contribution is 2.18. The van der Waals surface area contributed by atoms with Gasteiger partial charge in [-0.1, -0.05) is 12.1 Å². The molecular weight excluding hydrogens is 214 g/mol. The summed E-state index contributed by atoms with van der Waals surface area (Å²) >= 11 is 0. The normalized spacial score (nSPS) is 19.1. The van der Waals surface area contributed by atoms with Gasteiger partial charge in [0.1, 0.15) is 0 Å². The molecule has 4 heteroatoms. The van der Waals surface area contributed by atoms with Crippen molar-refractivity contribution in [1.82, 2.24) is 10.2 Å². The zero-order chi connectivity index (χ0) is 12.1. The van der Waals surface area contributed by atoms with Crippen molar-refractivity contribution in [1.29, 1.82) is 0 Å². The summed E-state index contributed by atoms with van der Waals surface area (Å²) in [6.45, 7) is 5.21. The third-order valence-electron chi connectivity index (χ3n) is 3.25. The topological polar surface area (TPSA) is 61.5 Å². The predicted octanol–water partition coefficient (Wildman–Crippen LogP) is 0.598. The van der Waals surface area contributed by atoms with Crippen LogP contribution >= 0.6 is 0 Å². The number of aliphatic hydroxyl groups is 1. The molecule has 17 heavy (non-hydrogen) atoms. The van der Waals surface area contributed by atoms with Gasteiger partial charge in [-0.2, -0.15) is 0 Å². The Hall–Kier alpha value is -1.10. The average molecular weight is 235 g/mol. The Kier molecular flexibility index (Phi) is 4.36. The van der Waals surface area contributed by atoms with Crippen LogP contribution in [0.1, 0.15) is 18.1 Å². The van der Waals surface area contributed by atoms with E-state index in [1.807, 2.05) is 24.3 Å². The van der Waals surface area contributed by atoms with Crippen molar-refractivity contribution < 1.29 is 5.11 Å². The molecule has 1 saturated heterocycles. The highest BCUT2D eigenvalue weighted by molar-refractivity contribution is 5.39. The maximum absolute atomic E-state index is 10.1. The second-order valence-electron chi connectivity index (χ2n) is 4.56. The molecule has 1 aromatic carbocycles. The maximum atomic E-state index is 10.1. The molecule has 0 spiro atoms. The molecule has 0 bridgehead atoms. The van der Waals surface area contributed by atoms with Crippen molar-refractivity contribution >= 4 is 5.69 Å². The van der Waals surface area contributed by atoms with Gasteiger partial charge in [0.15, 0.2) is 0 Å². The van der Waals surface area contributed by atoms with Gasteiger partial charge < -0.3 is 21.1 Å². The fourth-order valence-electron chi connectivity index (χ4n) is 2.12. The predicted molar refractivity (Wildman–Crippen MR) is 69.7 cm³/mol. The summed E-state index contributed by atoms with van der Waals surface area (Å²) in [5.74, 6) is 0. The van der Waals surface area contributed by atoms with E-state index in [9.17, 15) is 5.11 Å². The third kappa shape index (κ3) is 3.70. The van der Waals surface area contributed by atoms with Gasteiger partial charge in [-0.3, -0.25) is 0 Å². The first-order valence-corrected chi connectivity index (χ1v) is 6.22. The summed E-state index contributed by atoms with van der Waals surface area (Å²) in [6.07, 6.45) is 0.398. The quantitative estimate of drug-likeness (QED) is 0.669. The molecule has 0 radical (unpaired) electrons. The molecule has 2 rings (SSSR count). The van der Waals surface area contributed by atoms with Crippen LogP contribution in [0.25, 0.3) is 0 Å². The number of benzene rings is 1. The first-order chi connectivity index (χ1) is 8.25. The Bertz CT molecular complexity index is 333. The van der Waals surface area contributed by atoms with Crippen LogP contribution in [0.2, 0.25) is 0 Å². The third-order valence-corrected chi connectivity index (χ3v) is 3.25. The van der Waals surface area contributed by atoms with E-state index in [2.05, 4.69) is 10.2 Å². The monoisotopic (exact) mass is 235 g/mol. The summed E-state index contributed by atoms with van der Waals surface area (Å²) in [6, 6.07) is 7.47. The summed E-state index contributed by atoms with van der Waals surface area (Å²) in [5.41, 5.74) is 7.31. The first kappa shape index (κ1) is 12.4. The lowest BCUT2D eigenvalue weighted by molar-refractivity contribution is 0.137. The molecule has 1 atom stereocenters. The van der Waals surface area contributed by atoms with Crippen LogP contribution in [-0.4, -0.2) is 42.7 Å². The van der Waals surface area contributed by atoms with E-state index in [1.54, 1.807) is 0 Å². The molecule has 1 aliphatic rings. The number of anilines is 1. The van der Waals surface area contributed by atoms with Crippen LogP contribution < -0.4 is 11.1 Å². The minimum absolute atomic E-state index is 0.384. The number of nitrogens with zero attached hydrogens (tertiary/aromatic N) is 1. The molecule has 1 aliphatic heterocycles. The van der Waals surface area contributed by atoms with Crippen LogP contribution in [0, 0.1) is 0 Å². The molecule has 1 heterocycles. The highest BCUT2D eigenvalue weighted by atomic mass is 16.3. The van der Waals surface area contributed by atoms with Crippen molar-refractivity contribution in [2.75, 3.05) is 38.5 Å². The largest absolute Gasteiger partial charge is 0.399 e. The Morgan fingerprint density at radius 3 is 2.53 bits per heavy atom. The second kappa shape index (κ2) is 6.00. The average Bonchev–Trinajstić information content (AvgIpc) is 2.38. The van der Waals surface area contributed by atoms with E-state index >= 15 is 0 Å². The molecule has 1 aromatic rings. The lowest BCUT2D eigenvalue weighted by Gasteiger charge is -2.27. The molecule has 4 nitrogen and oxygen atoms in total. The lowest BCUT2D eigenvalue weighted by atomic mass is 10.1. The molecule has 0 aromatic heterocycles. The molecule has 1 unspecified atom stereocenters. The Morgan fingerprint density at radius 1 is 1.24 bits per heavy atom. The molecule has 1 fully saturated rings. The van der Waals surface area contributed by atoms with E-state index < -0.39 is 0 Å². The molecule has 0 saturated carbocycles. The molecular formula is C13H21N3O. The summed E-state index contributed by atoms with van der Waals surface area (Å²) in [7, 11) is 0. The number of nitrogen functional groups attached to an aromatic ring is 1. The minimum Gasteiger partial charge on any atom is -0.399 e. The van der Waals surface area contributed by atoms with Crippen LogP contribution in [0.5, 0.6) is 0 Å². The number of nitrogens with two attached hydrogens (primary N) is 1. The second-order valence-corrected chi connectivity index (χ2v) is 4.56. The van der Waals surface area contributed by atoms with Crippen molar-refractivity contribution in [3.63, 3.8) is 0 Å². The standard InChI is InChI=1S/C13H21N3O/c14-12-3-1-11(2-4-12)13(17)5-8-16-9-6-15-7-10-16/h1-4,13,15,17H,5-10,14H2. The van der Waals surface area contributed by atoms with Crippen molar-refractivity contribution in [3.8, 4) is 0 Å². The van der Waals surface area contributed by atoms with E-state index in [0.717, 1.165) is 50.4 Å². The zero-order valence-electron chi connectivity index (χ0n) is 10.1. The van der Waals surface area contributed by atoms with Crippen LogP contribution in [0.3, 0.4) is 0 Å². The van der Waals surface area contributed by atoms with Crippen molar-refractivity contribution in [3.05, 3.63) is 29.8 Å². The number of hydrogen-bond acceptors (Lipinski definition) is 4. The smallest absolute Gasteiger partial charge is 0.0802 e. The van der Waals surface area contributed by atoms with E-state index in [-0.39, 0.29) is 6.10 Å². The molecule has 4 N–H and O–H groups in total. The Morgan fingerprint density at radius 2 is 1.88 bits per heavy atom. The van der Waals surface area contributed by atoms with Gasteiger partial charge in [0.05, 0.1) is 6.10 Å². The van der Waals surface area contributed by atoms with Gasteiger partial charge in [-0.15, -0.1) is 0 Å². The van der Waals surface area contributed by atoms with Gasteiger partial charge >= 0.3 is 0 Å². The van der Waals surface area contributed by atoms with E-state index in [0.29, 0.717) is 0 Å². The Balaban J connectivity index is 1.80. The first-order valence-electron chi connectivity index (χ1n) is 6.22. The number of aliphatic hydroxyl groups excluding tert-OH is 1. The Labute approximate surface area is 102 Å². The summed E-state index contributed by atoms with van der Waals surface area (Å²) in [4.78, 5) is 2.39. The molecule has 0 aliphatic carbocycles. The maximum Gasteiger partial charge on any atom is 0.0802 e. The summed E-state index contributed by atoms with van der Waals surface area (Å²) < 4.78 is 0. The van der Waals surface area contributed by atoms with Crippen LogP contribution in [0.15, 0.2) is 24.3 Å². The van der Waals surface area contributed by atoms with Gasteiger partial charge in [0, 0.05) is 38.4 Å². The van der Waals surface area contributed by atoms with Crippen LogP contribution in [0.4, 0.5) is 5.69 Å². The SMILES string of the molecule is Nc1ccc(C(O)CCN2CCNCC2)cc1. The molecule has 0 amide bonds. The highest BCUT2D eigenvalue weighted by Gasteiger charge is 2.12. The minimum atomic E-state index is -0.384. The van der Waals surface area contributed by atoms with Crippen LogP contribution in [-0.2, 0) is 0 Å². The number of piperazine rings is 1. The number of hydrogen-bond donors (Lipinski definition) is 3. The van der Waals surface area contributed by atoms with E-state index in [4.69, 9.17) is 5.73 Å². The number of rotatable bonds is 4. The number of nitrogens with one attached hydrogen (secondary N) is 1.